The molecule has 0 atom stereocenters. The molecule has 1 fully saturated rings. The molecule has 4 heteroatoms. The summed E-state index contributed by atoms with van der Waals surface area (Å²) < 4.78 is 0. The molecule has 92 valence electrons. The van der Waals surface area contributed by atoms with E-state index in [1.807, 2.05) is 25.1 Å². The van der Waals surface area contributed by atoms with Gasteiger partial charge >= 0.3 is 6.03 Å². The molecular formula is C13H17ClN2O. The lowest BCUT2D eigenvalue weighted by Crippen LogP contribution is -2.43. The van der Waals surface area contributed by atoms with Gasteiger partial charge in [0.15, 0.2) is 0 Å². The molecule has 0 saturated heterocycles. The number of carbonyl (C=O) groups excluding carboxylic acids is 1. The highest BCUT2D eigenvalue weighted by molar-refractivity contribution is 6.31. The second-order valence-corrected chi connectivity index (χ2v) is 4.94. The van der Waals surface area contributed by atoms with Crippen molar-refractivity contribution in [1.82, 2.24) is 0 Å². The molecule has 0 bridgehead atoms. The molecule has 1 aliphatic carbocycles. The van der Waals surface area contributed by atoms with Crippen molar-refractivity contribution in [2.75, 3.05) is 4.90 Å². The number of hydrogen-bond acceptors (Lipinski definition) is 1. The Morgan fingerprint density at radius 1 is 1.41 bits per heavy atom. The van der Waals surface area contributed by atoms with E-state index in [2.05, 4.69) is 0 Å². The summed E-state index contributed by atoms with van der Waals surface area (Å²) in [6, 6.07) is 5.43. The van der Waals surface area contributed by atoms with Crippen LogP contribution in [-0.2, 0) is 0 Å². The molecule has 2 N–H and O–H groups in total. The highest BCUT2D eigenvalue weighted by Crippen LogP contribution is 2.32. The van der Waals surface area contributed by atoms with Crippen LogP contribution in [0.3, 0.4) is 0 Å². The zero-order valence-electron chi connectivity index (χ0n) is 9.95. The number of carbonyl (C=O) groups is 1. The number of benzene rings is 1. The standard InChI is InChI=1S/C13H17ClN2O/c1-9-11(14)7-4-8-12(9)16(13(15)17)10-5-2-3-6-10/h4,7-8,10H,2-3,5-6H2,1H3,(H2,15,17). The maximum atomic E-state index is 11.7. The largest absolute Gasteiger partial charge is 0.351 e. The van der Waals surface area contributed by atoms with Crippen LogP contribution in [0.5, 0.6) is 0 Å². The summed E-state index contributed by atoms with van der Waals surface area (Å²) in [5.74, 6) is 0. The molecule has 0 heterocycles. The smallest absolute Gasteiger partial charge is 0.319 e. The Balaban J connectivity index is 2.38. The van der Waals surface area contributed by atoms with E-state index in [-0.39, 0.29) is 12.1 Å². The van der Waals surface area contributed by atoms with Crippen LogP contribution in [0.25, 0.3) is 0 Å². The fraction of sp³-hybridized carbons (Fsp3) is 0.462. The molecule has 1 saturated carbocycles. The van der Waals surface area contributed by atoms with Crippen LogP contribution in [0.15, 0.2) is 18.2 Å². The van der Waals surface area contributed by atoms with E-state index < -0.39 is 0 Å². The highest BCUT2D eigenvalue weighted by atomic mass is 35.5. The third kappa shape index (κ3) is 2.39. The number of urea groups is 1. The maximum absolute atomic E-state index is 11.7. The molecule has 0 unspecified atom stereocenters. The van der Waals surface area contributed by atoms with Crippen molar-refractivity contribution in [2.24, 2.45) is 5.73 Å². The lowest BCUT2D eigenvalue weighted by atomic mass is 10.1. The lowest BCUT2D eigenvalue weighted by Gasteiger charge is -2.28. The van der Waals surface area contributed by atoms with E-state index in [1.54, 1.807) is 4.90 Å². The number of halogens is 1. The SMILES string of the molecule is Cc1c(Cl)cccc1N(C(N)=O)C1CCCC1. The normalized spacial score (nSPS) is 16.1. The third-order valence-electron chi connectivity index (χ3n) is 3.43. The molecule has 0 radical (unpaired) electrons. The molecule has 2 amide bonds. The summed E-state index contributed by atoms with van der Waals surface area (Å²) in [5.41, 5.74) is 7.27. The van der Waals surface area contributed by atoms with Crippen molar-refractivity contribution in [3.63, 3.8) is 0 Å². The van der Waals surface area contributed by atoms with Crippen LogP contribution in [-0.4, -0.2) is 12.1 Å². The summed E-state index contributed by atoms with van der Waals surface area (Å²) in [5, 5.41) is 0.673. The monoisotopic (exact) mass is 252 g/mol. The van der Waals surface area contributed by atoms with Crippen LogP contribution in [0, 0.1) is 6.92 Å². The minimum atomic E-state index is -0.387. The van der Waals surface area contributed by atoms with Gasteiger partial charge in [0, 0.05) is 11.1 Å². The summed E-state index contributed by atoms with van der Waals surface area (Å²) in [4.78, 5) is 13.4. The van der Waals surface area contributed by atoms with Gasteiger partial charge in [0.1, 0.15) is 0 Å². The second kappa shape index (κ2) is 4.96. The minimum Gasteiger partial charge on any atom is -0.351 e. The topological polar surface area (TPSA) is 46.3 Å². The summed E-state index contributed by atoms with van der Waals surface area (Å²) >= 11 is 6.09. The summed E-state index contributed by atoms with van der Waals surface area (Å²) in [7, 11) is 0. The third-order valence-corrected chi connectivity index (χ3v) is 3.84. The van der Waals surface area contributed by atoms with Crippen molar-refractivity contribution in [1.29, 1.82) is 0 Å². The lowest BCUT2D eigenvalue weighted by molar-refractivity contribution is 0.251. The predicted octanol–water partition coefficient (Wildman–Crippen LogP) is 3.48. The van der Waals surface area contributed by atoms with Crippen molar-refractivity contribution in [2.45, 2.75) is 38.6 Å². The first-order valence-electron chi connectivity index (χ1n) is 5.95. The molecule has 0 spiro atoms. The Bertz CT molecular complexity index is 427. The zero-order chi connectivity index (χ0) is 12.4. The fourth-order valence-electron chi connectivity index (χ4n) is 2.51. The fourth-order valence-corrected chi connectivity index (χ4v) is 2.68. The van der Waals surface area contributed by atoms with Crippen LogP contribution < -0.4 is 10.6 Å². The van der Waals surface area contributed by atoms with E-state index in [0.29, 0.717) is 5.02 Å². The van der Waals surface area contributed by atoms with Crippen LogP contribution >= 0.6 is 11.6 Å². The maximum Gasteiger partial charge on any atom is 0.319 e. The van der Waals surface area contributed by atoms with Gasteiger partial charge in [-0.15, -0.1) is 0 Å². The first-order valence-corrected chi connectivity index (χ1v) is 6.33. The van der Waals surface area contributed by atoms with Gasteiger partial charge in [0.05, 0.1) is 5.69 Å². The number of rotatable bonds is 2. The Morgan fingerprint density at radius 3 is 2.65 bits per heavy atom. The average Bonchev–Trinajstić information content (AvgIpc) is 2.77. The molecule has 3 nitrogen and oxygen atoms in total. The Hall–Kier alpha value is -1.22. The molecule has 17 heavy (non-hydrogen) atoms. The average molecular weight is 253 g/mol. The Morgan fingerprint density at radius 2 is 2.06 bits per heavy atom. The van der Waals surface area contributed by atoms with Crippen molar-refractivity contribution in [3.8, 4) is 0 Å². The van der Waals surface area contributed by atoms with Gasteiger partial charge in [-0.3, -0.25) is 4.90 Å². The minimum absolute atomic E-state index is 0.227. The Kier molecular flexibility index (Phi) is 3.57. The van der Waals surface area contributed by atoms with Gasteiger partial charge in [0.2, 0.25) is 0 Å². The van der Waals surface area contributed by atoms with E-state index >= 15 is 0 Å². The predicted molar refractivity (Wildman–Crippen MR) is 70.5 cm³/mol. The van der Waals surface area contributed by atoms with E-state index in [4.69, 9.17) is 17.3 Å². The van der Waals surface area contributed by atoms with Gasteiger partial charge in [-0.05, 0) is 37.5 Å². The van der Waals surface area contributed by atoms with Crippen molar-refractivity contribution >= 4 is 23.3 Å². The quantitative estimate of drug-likeness (QED) is 0.861. The first-order chi connectivity index (χ1) is 8.11. The second-order valence-electron chi connectivity index (χ2n) is 4.53. The van der Waals surface area contributed by atoms with E-state index in [9.17, 15) is 4.79 Å². The number of nitrogens with two attached hydrogens (primary N) is 1. The molecule has 1 aromatic rings. The number of hydrogen-bond donors (Lipinski definition) is 1. The first kappa shape index (κ1) is 12.2. The van der Waals surface area contributed by atoms with Gasteiger partial charge in [0.25, 0.3) is 0 Å². The van der Waals surface area contributed by atoms with Crippen LogP contribution in [0.1, 0.15) is 31.2 Å². The Labute approximate surface area is 107 Å². The number of amides is 2. The molecule has 2 rings (SSSR count). The molecule has 1 aliphatic rings. The molecule has 0 aromatic heterocycles. The molecular weight excluding hydrogens is 236 g/mol. The van der Waals surface area contributed by atoms with Crippen molar-refractivity contribution in [3.05, 3.63) is 28.8 Å². The summed E-state index contributed by atoms with van der Waals surface area (Å²) in [6.07, 6.45) is 4.37. The number of anilines is 1. The number of primary amides is 1. The van der Waals surface area contributed by atoms with Gasteiger partial charge in [-0.25, -0.2) is 4.79 Å². The van der Waals surface area contributed by atoms with Crippen LogP contribution in [0.4, 0.5) is 10.5 Å². The van der Waals surface area contributed by atoms with Crippen LogP contribution in [0.2, 0.25) is 5.02 Å². The van der Waals surface area contributed by atoms with E-state index in [1.165, 1.54) is 0 Å². The number of nitrogens with zero attached hydrogens (tertiary/aromatic N) is 1. The molecule has 1 aromatic carbocycles. The zero-order valence-corrected chi connectivity index (χ0v) is 10.7. The van der Waals surface area contributed by atoms with E-state index in [0.717, 1.165) is 36.9 Å². The molecule has 0 aliphatic heterocycles. The summed E-state index contributed by atoms with van der Waals surface area (Å²) in [6.45, 7) is 1.92. The van der Waals surface area contributed by atoms with Gasteiger partial charge < -0.3 is 5.73 Å². The van der Waals surface area contributed by atoms with Gasteiger partial charge in [-0.2, -0.15) is 0 Å². The highest BCUT2D eigenvalue weighted by Gasteiger charge is 2.27. The van der Waals surface area contributed by atoms with Crippen molar-refractivity contribution < 1.29 is 4.79 Å². The van der Waals surface area contributed by atoms with Gasteiger partial charge in [-0.1, -0.05) is 30.5 Å².